The molecular formula is C29H31N2O2P. The smallest absolute Gasteiger partial charge is 0.163 e. The lowest BCUT2D eigenvalue weighted by atomic mass is 9.75. The van der Waals surface area contributed by atoms with Gasteiger partial charge in [-0.05, 0) is 22.8 Å². The molecule has 0 bridgehead atoms. The van der Waals surface area contributed by atoms with Gasteiger partial charge in [0.15, 0.2) is 5.16 Å². The fraction of sp³-hybridized carbons (Fsp3) is 0.241. The van der Waals surface area contributed by atoms with E-state index in [1.807, 2.05) is 108 Å². The first-order chi connectivity index (χ1) is 16.5. The molecule has 1 aliphatic carbocycles. The molecule has 1 aliphatic heterocycles. The van der Waals surface area contributed by atoms with Crippen LogP contribution in [0.3, 0.4) is 0 Å². The number of hydrogen-bond donors (Lipinski definition) is 1. The molecule has 174 valence electrons. The molecular weight excluding hydrogens is 439 g/mol. The van der Waals surface area contributed by atoms with Crippen molar-refractivity contribution in [1.29, 1.82) is 0 Å². The van der Waals surface area contributed by atoms with E-state index in [1.165, 1.54) is 0 Å². The molecule has 2 aliphatic rings. The van der Waals surface area contributed by atoms with Crippen LogP contribution in [0.15, 0.2) is 115 Å². The number of nitrogens with zero attached hydrogens (tertiary/aromatic N) is 2. The summed E-state index contributed by atoms with van der Waals surface area (Å²) in [5, 5.41) is 11.0. The highest BCUT2D eigenvalue weighted by molar-refractivity contribution is 7.66. The quantitative estimate of drug-likeness (QED) is 0.507. The lowest BCUT2D eigenvalue weighted by Gasteiger charge is -2.51. The fourth-order valence-corrected chi connectivity index (χ4v) is 9.82. The summed E-state index contributed by atoms with van der Waals surface area (Å²) in [5.74, 6) is -0.163. The van der Waals surface area contributed by atoms with E-state index >= 15 is 4.89 Å². The van der Waals surface area contributed by atoms with Crippen LogP contribution in [0, 0.1) is 5.92 Å². The molecule has 0 aromatic heterocycles. The molecule has 1 N–H and O–H groups in total. The molecule has 5 rings (SSSR count). The van der Waals surface area contributed by atoms with Crippen molar-refractivity contribution in [3.8, 4) is 0 Å². The molecule has 0 amide bonds. The van der Waals surface area contributed by atoms with E-state index in [1.54, 1.807) is 0 Å². The van der Waals surface area contributed by atoms with Gasteiger partial charge in [-0.1, -0.05) is 109 Å². The minimum atomic E-state index is -3.34. The van der Waals surface area contributed by atoms with Crippen molar-refractivity contribution in [3.05, 3.63) is 132 Å². The second-order valence-corrected chi connectivity index (χ2v) is 12.4. The van der Waals surface area contributed by atoms with E-state index in [9.17, 15) is 5.11 Å². The van der Waals surface area contributed by atoms with Crippen LogP contribution in [0.2, 0.25) is 0 Å². The van der Waals surface area contributed by atoms with Crippen LogP contribution in [0.25, 0.3) is 0 Å². The van der Waals surface area contributed by atoms with Crippen LogP contribution >= 0.6 is 7.79 Å². The Morgan fingerprint density at radius 3 is 2.18 bits per heavy atom. The molecule has 3 aromatic rings. The lowest BCUT2D eigenvalue weighted by Crippen LogP contribution is -2.50. The Bertz CT molecular complexity index is 1170. The Kier molecular flexibility index (Phi) is 6.28. The number of rotatable bonds is 6. The molecule has 0 spiro atoms. The van der Waals surface area contributed by atoms with E-state index in [-0.39, 0.29) is 12.0 Å². The van der Waals surface area contributed by atoms with Gasteiger partial charge < -0.3 is 10.00 Å². The van der Waals surface area contributed by atoms with Crippen molar-refractivity contribution in [2.45, 2.75) is 23.8 Å². The summed E-state index contributed by atoms with van der Waals surface area (Å²) < 4.78 is 4.02. The third kappa shape index (κ3) is 3.50. The third-order valence-corrected chi connectivity index (χ3v) is 11.3. The summed E-state index contributed by atoms with van der Waals surface area (Å²) in [6.07, 6.45) is 7.19. The van der Waals surface area contributed by atoms with E-state index in [4.69, 9.17) is 0 Å². The molecule has 2 unspecified atom stereocenters. The van der Waals surface area contributed by atoms with Crippen LogP contribution in [0.4, 0.5) is 0 Å². The Balaban J connectivity index is 1.69. The first-order valence-electron chi connectivity index (χ1n) is 11.7. The number of aliphatic hydroxyl groups is 1. The third-order valence-electron chi connectivity index (χ3n) is 7.41. The molecule has 5 heteroatoms. The van der Waals surface area contributed by atoms with Gasteiger partial charge in [-0.25, -0.2) is 0 Å². The van der Waals surface area contributed by atoms with Crippen LogP contribution in [0.1, 0.15) is 28.8 Å². The summed E-state index contributed by atoms with van der Waals surface area (Å²) in [6, 6.07) is 29.9. The minimum absolute atomic E-state index is 0.134. The maximum Gasteiger partial charge on any atom is 0.163 e. The van der Waals surface area contributed by atoms with E-state index in [2.05, 4.69) is 30.3 Å². The van der Waals surface area contributed by atoms with Gasteiger partial charge in [-0.2, -0.15) is 9.34 Å². The molecule has 3 aromatic carbocycles. The second-order valence-electron chi connectivity index (χ2n) is 9.24. The molecule has 1 fully saturated rings. The van der Waals surface area contributed by atoms with Gasteiger partial charge in [0.05, 0.1) is 12.6 Å². The van der Waals surface area contributed by atoms with E-state index in [0.717, 1.165) is 16.7 Å². The molecule has 5 atom stereocenters. The molecule has 0 saturated carbocycles. The van der Waals surface area contributed by atoms with Crippen LogP contribution in [-0.4, -0.2) is 33.7 Å². The van der Waals surface area contributed by atoms with Crippen molar-refractivity contribution in [1.82, 2.24) is 9.34 Å². The number of fused-ring (bicyclic) bond motifs is 1. The number of aliphatic hydroxyl groups excluding tert-OH is 1. The Labute approximate surface area is 203 Å². The second kappa shape index (κ2) is 9.22. The van der Waals surface area contributed by atoms with Gasteiger partial charge in [0.1, 0.15) is 13.9 Å². The molecule has 34 heavy (non-hydrogen) atoms. The molecule has 0 radical (unpaired) electrons. The van der Waals surface area contributed by atoms with Gasteiger partial charge in [0.2, 0.25) is 0 Å². The van der Waals surface area contributed by atoms with Crippen molar-refractivity contribution in [2.24, 2.45) is 5.92 Å². The van der Waals surface area contributed by atoms with E-state index < -0.39 is 19.1 Å². The standard InChI is InChI=1S/C29H31N2O2P/c1-30(22-23-14-6-3-7-15-23)34(33)29(28(32)25-18-10-5-11-19-25)21-13-12-20-26(29)27(31(34)2)24-16-8-4-9-17-24/h3-21,26-28,32H,22H2,1-2H3/t26-,27-,28?,29-,34?/m0/s1. The highest BCUT2D eigenvalue weighted by atomic mass is 31.2. The SMILES string of the molecule is CN(Cc1ccccc1)[P+]1([O-])N(C)[C@@H](c2ccccc2)[C@@H]2C=CC=C[C@@]21C(O)c1ccccc1. The predicted molar refractivity (Wildman–Crippen MR) is 138 cm³/mol. The molecule has 1 heterocycles. The van der Waals surface area contributed by atoms with Gasteiger partial charge in [-0.15, -0.1) is 0 Å². The average Bonchev–Trinajstić information content (AvgIpc) is 3.10. The van der Waals surface area contributed by atoms with E-state index in [0.29, 0.717) is 6.54 Å². The first kappa shape index (κ1) is 23.2. The summed E-state index contributed by atoms with van der Waals surface area (Å²) in [4.78, 5) is 15.5. The fourth-order valence-electron chi connectivity index (χ4n) is 5.87. The largest absolute Gasteiger partial charge is 0.650 e. The highest BCUT2D eigenvalue weighted by Gasteiger charge is 2.72. The zero-order valence-corrected chi connectivity index (χ0v) is 20.5. The van der Waals surface area contributed by atoms with Gasteiger partial charge in [0.25, 0.3) is 0 Å². The Morgan fingerprint density at radius 2 is 1.53 bits per heavy atom. The van der Waals surface area contributed by atoms with Gasteiger partial charge in [-0.3, -0.25) is 0 Å². The lowest BCUT2D eigenvalue weighted by molar-refractivity contribution is -0.198. The summed E-state index contributed by atoms with van der Waals surface area (Å²) in [6.45, 7) is 0.525. The Hall–Kier alpha value is -2.59. The van der Waals surface area contributed by atoms with Crippen LogP contribution in [-0.2, 0) is 6.54 Å². The maximum absolute atomic E-state index is 15.5. The molecule has 1 saturated heterocycles. The first-order valence-corrected chi connectivity index (χ1v) is 13.3. The monoisotopic (exact) mass is 470 g/mol. The zero-order valence-electron chi connectivity index (χ0n) is 19.6. The highest BCUT2D eigenvalue weighted by Crippen LogP contribution is 2.81. The topological polar surface area (TPSA) is 49.8 Å². The van der Waals surface area contributed by atoms with Crippen LogP contribution in [0.5, 0.6) is 0 Å². The zero-order chi connectivity index (χ0) is 23.8. The predicted octanol–water partition coefficient (Wildman–Crippen LogP) is 5.14. The number of allylic oxidation sites excluding steroid dienone is 2. The maximum atomic E-state index is 15.5. The van der Waals surface area contributed by atoms with Crippen molar-refractivity contribution in [3.63, 3.8) is 0 Å². The van der Waals surface area contributed by atoms with Gasteiger partial charge in [0, 0.05) is 20.0 Å². The number of hydrogen-bond acceptors (Lipinski definition) is 4. The summed E-state index contributed by atoms with van der Waals surface area (Å²) in [7, 11) is 0.544. The normalized spacial score (nSPS) is 29.3. The summed E-state index contributed by atoms with van der Waals surface area (Å²) in [5.41, 5.74) is 2.97. The Morgan fingerprint density at radius 1 is 0.941 bits per heavy atom. The van der Waals surface area contributed by atoms with Crippen molar-refractivity contribution in [2.75, 3.05) is 14.1 Å². The average molecular weight is 471 g/mol. The minimum Gasteiger partial charge on any atom is -0.650 e. The van der Waals surface area contributed by atoms with Gasteiger partial charge >= 0.3 is 0 Å². The van der Waals surface area contributed by atoms with Crippen molar-refractivity contribution >= 4 is 7.79 Å². The summed E-state index contributed by atoms with van der Waals surface area (Å²) >= 11 is 0. The van der Waals surface area contributed by atoms with Crippen LogP contribution < -0.4 is 4.89 Å². The number of benzene rings is 3. The van der Waals surface area contributed by atoms with Crippen molar-refractivity contribution < 1.29 is 10.00 Å². The molecule has 4 nitrogen and oxygen atoms in total.